The van der Waals surface area contributed by atoms with Crippen LogP contribution in [0, 0.1) is 5.92 Å². The minimum absolute atomic E-state index is 0.708. The predicted octanol–water partition coefficient (Wildman–Crippen LogP) is 4.26. The van der Waals surface area contributed by atoms with Gasteiger partial charge in [-0.15, -0.1) is 0 Å². The largest absolute Gasteiger partial charge is 0.0882 e. The highest BCUT2D eigenvalue weighted by Gasteiger charge is 1.92. The van der Waals surface area contributed by atoms with Gasteiger partial charge < -0.3 is 0 Å². The molecule has 0 N–H and O–H groups in total. The summed E-state index contributed by atoms with van der Waals surface area (Å²) in [5, 5.41) is 0. The van der Waals surface area contributed by atoms with Crippen molar-refractivity contribution in [1.82, 2.24) is 0 Å². The van der Waals surface area contributed by atoms with E-state index in [-0.39, 0.29) is 0 Å². The first-order valence-electron chi connectivity index (χ1n) is 5.36. The molecule has 13 heavy (non-hydrogen) atoms. The zero-order chi connectivity index (χ0) is 9.36. The van der Waals surface area contributed by atoms with E-state index in [4.69, 9.17) is 0 Å². The average Bonchev–Trinajstić information content (AvgIpc) is 2.11. The molecule has 0 spiro atoms. The summed E-state index contributed by atoms with van der Waals surface area (Å²) in [5.74, 6) is 0.708. The Morgan fingerprint density at radius 2 is 1.31 bits per heavy atom. The van der Waals surface area contributed by atoms with Gasteiger partial charge in [0.15, 0.2) is 0 Å². The maximum atomic E-state index is 2.33. The zero-order valence-electron chi connectivity index (χ0n) is 8.58. The van der Waals surface area contributed by atoms with Gasteiger partial charge in [0.05, 0.1) is 0 Å². The van der Waals surface area contributed by atoms with Crippen LogP contribution in [0.4, 0.5) is 0 Å². The van der Waals surface area contributed by atoms with Crippen LogP contribution >= 0.6 is 0 Å². The topological polar surface area (TPSA) is 0 Å². The quantitative estimate of drug-likeness (QED) is 0.484. The fourth-order valence-electron chi connectivity index (χ4n) is 1.46. The molecule has 1 aliphatic rings. The van der Waals surface area contributed by atoms with Crippen LogP contribution in [-0.4, -0.2) is 0 Å². The Morgan fingerprint density at radius 3 is 2.00 bits per heavy atom. The lowest BCUT2D eigenvalue weighted by Crippen LogP contribution is -1.86. The van der Waals surface area contributed by atoms with Gasteiger partial charge in [0, 0.05) is 0 Å². The Bertz CT molecular complexity index is 196. The molecule has 0 aliphatic heterocycles. The second-order valence-corrected chi connectivity index (χ2v) is 3.74. The summed E-state index contributed by atoms with van der Waals surface area (Å²) in [5.41, 5.74) is 0. The van der Waals surface area contributed by atoms with E-state index in [1.807, 2.05) is 0 Å². The van der Waals surface area contributed by atoms with Gasteiger partial charge in [0.2, 0.25) is 0 Å². The highest BCUT2D eigenvalue weighted by molar-refractivity contribution is 4.96. The van der Waals surface area contributed by atoms with Crippen LogP contribution in [-0.2, 0) is 0 Å². The van der Waals surface area contributed by atoms with Gasteiger partial charge in [-0.2, -0.15) is 0 Å². The van der Waals surface area contributed by atoms with E-state index in [0.717, 1.165) is 0 Å². The molecule has 0 heteroatoms. The molecule has 0 radical (unpaired) electrons. The molecule has 0 bridgehead atoms. The second-order valence-electron chi connectivity index (χ2n) is 3.74. The maximum absolute atomic E-state index is 2.33. The average molecular weight is 176 g/mol. The summed E-state index contributed by atoms with van der Waals surface area (Å²) in [4.78, 5) is 0. The lowest BCUT2D eigenvalue weighted by atomic mass is 10.1. The summed E-state index contributed by atoms with van der Waals surface area (Å²) in [6, 6.07) is 0. The van der Waals surface area contributed by atoms with Gasteiger partial charge in [-0.3, -0.25) is 0 Å². The molecule has 0 saturated carbocycles. The third kappa shape index (κ3) is 5.46. The Morgan fingerprint density at radius 1 is 0.769 bits per heavy atom. The van der Waals surface area contributed by atoms with Crippen LogP contribution in [0.5, 0.6) is 0 Å². The lowest BCUT2D eigenvalue weighted by Gasteiger charge is -2.01. The van der Waals surface area contributed by atoms with Crippen molar-refractivity contribution in [1.29, 1.82) is 0 Å². The van der Waals surface area contributed by atoms with Crippen molar-refractivity contribution in [3.8, 4) is 0 Å². The van der Waals surface area contributed by atoms with Crippen LogP contribution in [0.1, 0.15) is 39.0 Å². The molecular formula is C13H20. The molecule has 0 aromatic carbocycles. The molecule has 0 saturated heterocycles. The van der Waals surface area contributed by atoms with E-state index in [1.54, 1.807) is 0 Å². The van der Waals surface area contributed by atoms with E-state index >= 15 is 0 Å². The third-order valence-corrected chi connectivity index (χ3v) is 2.31. The van der Waals surface area contributed by atoms with Crippen LogP contribution in [0.2, 0.25) is 0 Å². The molecular weight excluding hydrogens is 156 g/mol. The minimum atomic E-state index is 0.708. The van der Waals surface area contributed by atoms with Crippen LogP contribution in [0.25, 0.3) is 0 Å². The van der Waals surface area contributed by atoms with Crippen molar-refractivity contribution in [3.63, 3.8) is 0 Å². The van der Waals surface area contributed by atoms with Crippen LogP contribution < -0.4 is 0 Å². The van der Waals surface area contributed by atoms with Gasteiger partial charge in [0.1, 0.15) is 0 Å². The summed E-state index contributed by atoms with van der Waals surface area (Å²) in [6.45, 7) is 2.28. The molecule has 0 heterocycles. The summed E-state index contributed by atoms with van der Waals surface area (Å²) < 4.78 is 0. The fourth-order valence-corrected chi connectivity index (χ4v) is 1.46. The van der Waals surface area contributed by atoms with E-state index in [2.05, 4.69) is 43.4 Å². The zero-order valence-corrected chi connectivity index (χ0v) is 8.58. The van der Waals surface area contributed by atoms with E-state index in [9.17, 15) is 0 Å². The molecule has 0 aromatic heterocycles. The van der Waals surface area contributed by atoms with Gasteiger partial charge in [-0.25, -0.2) is 0 Å². The first-order valence-corrected chi connectivity index (χ1v) is 5.36. The van der Waals surface area contributed by atoms with Crippen LogP contribution in [0.3, 0.4) is 0 Å². The van der Waals surface area contributed by atoms with Crippen molar-refractivity contribution in [2.75, 3.05) is 0 Å². The van der Waals surface area contributed by atoms with Gasteiger partial charge in [-0.05, 0) is 38.0 Å². The highest BCUT2D eigenvalue weighted by atomic mass is 14.0. The van der Waals surface area contributed by atoms with E-state index in [1.165, 1.54) is 32.1 Å². The van der Waals surface area contributed by atoms with E-state index in [0.29, 0.717) is 5.92 Å². The number of rotatable bonds is 0. The molecule has 0 amide bonds. The Labute approximate surface area is 82.0 Å². The minimum Gasteiger partial charge on any atom is -0.0882 e. The van der Waals surface area contributed by atoms with Gasteiger partial charge in [0.25, 0.3) is 0 Å². The number of allylic oxidation sites excluding steroid dienone is 6. The Hall–Kier alpha value is -0.780. The monoisotopic (exact) mass is 176 g/mol. The van der Waals surface area contributed by atoms with Gasteiger partial charge in [-0.1, -0.05) is 43.4 Å². The van der Waals surface area contributed by atoms with E-state index < -0.39 is 0 Å². The first kappa shape index (κ1) is 10.3. The fraction of sp³-hybridized carbons (Fsp3) is 0.538. The van der Waals surface area contributed by atoms with Crippen molar-refractivity contribution in [3.05, 3.63) is 36.5 Å². The van der Waals surface area contributed by atoms with Crippen molar-refractivity contribution < 1.29 is 0 Å². The standard InChI is InChI=1S/C13H20/c1-13-11-9-7-5-3-2-4-6-8-10-12-13/h2-3,8-11,13H,4-7,12H2,1H3/b3-2-,10-8-,11-9-. The Kier molecular flexibility index (Phi) is 5.31. The highest BCUT2D eigenvalue weighted by Crippen LogP contribution is 2.08. The Balaban J connectivity index is 2.41. The smallest absolute Gasteiger partial charge is 0.0227 e. The normalized spacial score (nSPS) is 32.5. The molecule has 1 atom stereocenters. The first-order chi connectivity index (χ1) is 6.39. The predicted molar refractivity (Wildman–Crippen MR) is 59.7 cm³/mol. The third-order valence-electron chi connectivity index (χ3n) is 2.31. The molecule has 1 rings (SSSR count). The molecule has 0 aromatic rings. The molecule has 1 aliphatic carbocycles. The van der Waals surface area contributed by atoms with Crippen molar-refractivity contribution >= 4 is 0 Å². The summed E-state index contributed by atoms with van der Waals surface area (Å²) >= 11 is 0. The molecule has 0 nitrogen and oxygen atoms in total. The molecule has 72 valence electrons. The second kappa shape index (κ2) is 6.71. The van der Waals surface area contributed by atoms with Crippen LogP contribution in [0.15, 0.2) is 36.5 Å². The summed E-state index contributed by atoms with van der Waals surface area (Å²) in [7, 11) is 0. The number of hydrogen-bond acceptors (Lipinski definition) is 0. The van der Waals surface area contributed by atoms with Crippen molar-refractivity contribution in [2.45, 2.75) is 39.0 Å². The van der Waals surface area contributed by atoms with Gasteiger partial charge >= 0.3 is 0 Å². The maximum Gasteiger partial charge on any atom is -0.0227 e. The summed E-state index contributed by atoms with van der Waals surface area (Å²) in [6.07, 6.45) is 19.8. The molecule has 1 unspecified atom stereocenters. The molecule has 0 fully saturated rings. The lowest BCUT2D eigenvalue weighted by molar-refractivity contribution is 0.736. The SMILES string of the molecule is CC1/C=C\CC/C=C\CC/C=C\C1. The number of hydrogen-bond donors (Lipinski definition) is 0. The van der Waals surface area contributed by atoms with Crippen molar-refractivity contribution in [2.24, 2.45) is 5.92 Å².